The summed E-state index contributed by atoms with van der Waals surface area (Å²) in [5, 5.41) is 0. The Morgan fingerprint density at radius 2 is 1.52 bits per heavy atom. The Balaban J connectivity index is 2.16. The van der Waals surface area contributed by atoms with Crippen LogP contribution in [0.4, 0.5) is 11.4 Å². The summed E-state index contributed by atoms with van der Waals surface area (Å²) in [4.78, 5) is 0.194. The number of anilines is 2. The number of rotatable bonds is 6. The first-order valence-electron chi connectivity index (χ1n) is 6.73. The highest BCUT2D eigenvalue weighted by Gasteiger charge is 2.13. The van der Waals surface area contributed by atoms with Crippen molar-refractivity contribution in [2.24, 2.45) is 5.84 Å². The van der Waals surface area contributed by atoms with Gasteiger partial charge in [-0.3, -0.25) is 10.6 Å². The summed E-state index contributed by atoms with van der Waals surface area (Å²) in [5.41, 5.74) is 4.85. The van der Waals surface area contributed by atoms with Crippen LogP contribution in [0, 0.1) is 0 Å². The number of aryl methyl sites for hydroxylation is 1. The average Bonchev–Trinajstić information content (AvgIpc) is 2.49. The molecule has 0 heterocycles. The first-order valence-corrected chi connectivity index (χ1v) is 8.22. The van der Waals surface area contributed by atoms with Gasteiger partial charge in [0.05, 0.1) is 4.90 Å². The van der Waals surface area contributed by atoms with E-state index in [0.717, 1.165) is 12.8 Å². The lowest BCUT2D eigenvalue weighted by atomic mass is 10.1. The molecule has 0 aliphatic carbocycles. The molecule has 0 atom stereocenters. The Labute approximate surface area is 125 Å². The number of hydrogen-bond donors (Lipinski definition) is 3. The monoisotopic (exact) mass is 305 g/mol. The molecule has 6 heteroatoms. The molecule has 0 aliphatic heterocycles. The zero-order valence-electron chi connectivity index (χ0n) is 11.8. The molecule has 0 amide bonds. The summed E-state index contributed by atoms with van der Waals surface area (Å²) in [6, 6.07) is 13.6. The first kappa shape index (κ1) is 15.3. The lowest BCUT2D eigenvalue weighted by molar-refractivity contribution is 0.601. The van der Waals surface area contributed by atoms with Crippen LogP contribution in [-0.2, 0) is 16.4 Å². The fraction of sp³-hybridized carbons (Fsp3) is 0.200. The van der Waals surface area contributed by atoms with Crippen molar-refractivity contribution in [2.75, 3.05) is 10.1 Å². The molecule has 2 rings (SSSR count). The van der Waals surface area contributed by atoms with Gasteiger partial charge in [-0.25, -0.2) is 8.42 Å². The number of nitrogens with one attached hydrogen (secondary N) is 2. The normalized spacial score (nSPS) is 11.1. The molecule has 2 aromatic carbocycles. The Bertz CT molecular complexity index is 680. The van der Waals surface area contributed by atoms with Crippen LogP contribution in [0.25, 0.3) is 0 Å². The van der Waals surface area contributed by atoms with Crippen molar-refractivity contribution in [1.29, 1.82) is 0 Å². The lowest BCUT2D eigenvalue weighted by Crippen LogP contribution is -2.13. The zero-order chi connectivity index (χ0) is 15.3. The van der Waals surface area contributed by atoms with Gasteiger partial charge in [0.15, 0.2) is 0 Å². The van der Waals surface area contributed by atoms with Crippen LogP contribution in [0.3, 0.4) is 0 Å². The van der Waals surface area contributed by atoms with Gasteiger partial charge in [0.25, 0.3) is 10.0 Å². The molecule has 5 nitrogen and oxygen atoms in total. The van der Waals surface area contributed by atoms with Crippen molar-refractivity contribution in [2.45, 2.75) is 24.7 Å². The van der Waals surface area contributed by atoms with E-state index in [9.17, 15) is 8.42 Å². The van der Waals surface area contributed by atoms with Gasteiger partial charge in [0.2, 0.25) is 0 Å². The highest BCUT2D eigenvalue weighted by molar-refractivity contribution is 7.92. The summed E-state index contributed by atoms with van der Waals surface area (Å²) < 4.78 is 27.1. The molecule has 0 spiro atoms. The van der Waals surface area contributed by atoms with Crippen molar-refractivity contribution in [3.8, 4) is 0 Å². The van der Waals surface area contributed by atoms with Crippen LogP contribution in [0.1, 0.15) is 18.9 Å². The molecule has 2 aromatic rings. The number of nitrogen functional groups attached to an aromatic ring is 1. The Hall–Kier alpha value is -2.05. The second-order valence-corrected chi connectivity index (χ2v) is 6.40. The number of benzene rings is 2. The maximum absolute atomic E-state index is 12.2. The van der Waals surface area contributed by atoms with Crippen LogP contribution >= 0.6 is 0 Å². The van der Waals surface area contributed by atoms with Gasteiger partial charge < -0.3 is 5.43 Å². The minimum atomic E-state index is -3.58. The third-order valence-electron chi connectivity index (χ3n) is 3.08. The molecule has 0 saturated heterocycles. The zero-order valence-corrected chi connectivity index (χ0v) is 12.7. The molecule has 0 fully saturated rings. The smallest absolute Gasteiger partial charge is 0.261 e. The number of nitrogens with two attached hydrogens (primary N) is 1. The molecule has 112 valence electrons. The quantitative estimate of drug-likeness (QED) is 0.566. The van der Waals surface area contributed by atoms with Crippen LogP contribution in [0.5, 0.6) is 0 Å². The fourth-order valence-electron chi connectivity index (χ4n) is 1.97. The largest absolute Gasteiger partial charge is 0.324 e. The molecule has 0 unspecified atom stereocenters. The Morgan fingerprint density at radius 3 is 2.05 bits per heavy atom. The highest BCUT2D eigenvalue weighted by atomic mass is 32.2. The summed E-state index contributed by atoms with van der Waals surface area (Å²) in [7, 11) is -3.58. The van der Waals surface area contributed by atoms with E-state index in [1.807, 2.05) is 12.1 Å². The van der Waals surface area contributed by atoms with Gasteiger partial charge in [-0.15, -0.1) is 0 Å². The molecule has 0 radical (unpaired) electrons. The minimum Gasteiger partial charge on any atom is -0.324 e. The third-order valence-corrected chi connectivity index (χ3v) is 4.47. The van der Waals surface area contributed by atoms with Crippen LogP contribution in [0.2, 0.25) is 0 Å². The second kappa shape index (κ2) is 6.60. The maximum atomic E-state index is 12.2. The highest BCUT2D eigenvalue weighted by Crippen LogP contribution is 2.18. The van der Waals surface area contributed by atoms with Crippen molar-refractivity contribution < 1.29 is 8.42 Å². The van der Waals surface area contributed by atoms with Gasteiger partial charge in [-0.1, -0.05) is 25.5 Å². The number of sulfonamides is 1. The fourth-order valence-corrected chi connectivity index (χ4v) is 3.03. The lowest BCUT2D eigenvalue weighted by Gasteiger charge is -2.09. The topological polar surface area (TPSA) is 84.2 Å². The van der Waals surface area contributed by atoms with Crippen LogP contribution < -0.4 is 16.0 Å². The molecule has 0 saturated carbocycles. The Kier molecular flexibility index (Phi) is 4.82. The molecular formula is C15H19N3O2S. The van der Waals surface area contributed by atoms with Crippen molar-refractivity contribution in [3.05, 3.63) is 54.1 Å². The third kappa shape index (κ3) is 3.96. The standard InChI is InChI=1S/C15H19N3O2S/c1-2-3-12-4-6-14(7-5-12)18-21(19,20)15-10-8-13(17-16)9-11-15/h4-11,17-18H,2-3,16H2,1H3. The van der Waals surface area contributed by atoms with E-state index in [0.29, 0.717) is 11.4 Å². The van der Waals surface area contributed by atoms with Crippen LogP contribution in [0.15, 0.2) is 53.4 Å². The van der Waals surface area contributed by atoms with E-state index in [1.54, 1.807) is 24.3 Å². The molecule has 0 aliphatic rings. The first-order chi connectivity index (χ1) is 10.0. The molecule has 0 aromatic heterocycles. The summed E-state index contributed by atoms with van der Waals surface area (Å²) in [5.74, 6) is 5.26. The van der Waals surface area contributed by atoms with Gasteiger partial charge >= 0.3 is 0 Å². The summed E-state index contributed by atoms with van der Waals surface area (Å²) in [6.07, 6.45) is 2.05. The second-order valence-electron chi connectivity index (χ2n) is 4.72. The number of hydrogen-bond acceptors (Lipinski definition) is 4. The minimum absolute atomic E-state index is 0.194. The van der Waals surface area contributed by atoms with Gasteiger partial charge in [0, 0.05) is 11.4 Å². The van der Waals surface area contributed by atoms with Gasteiger partial charge in [0.1, 0.15) is 0 Å². The molecule has 0 bridgehead atoms. The van der Waals surface area contributed by atoms with E-state index in [1.165, 1.54) is 17.7 Å². The maximum Gasteiger partial charge on any atom is 0.261 e. The van der Waals surface area contributed by atoms with E-state index < -0.39 is 10.0 Å². The van der Waals surface area contributed by atoms with Crippen molar-refractivity contribution >= 4 is 21.4 Å². The summed E-state index contributed by atoms with van der Waals surface area (Å²) in [6.45, 7) is 2.11. The predicted molar refractivity (Wildman–Crippen MR) is 85.5 cm³/mol. The molecule has 21 heavy (non-hydrogen) atoms. The molecular weight excluding hydrogens is 286 g/mol. The summed E-state index contributed by atoms with van der Waals surface area (Å²) >= 11 is 0. The van der Waals surface area contributed by atoms with Crippen LogP contribution in [-0.4, -0.2) is 8.42 Å². The Morgan fingerprint density at radius 1 is 0.952 bits per heavy atom. The van der Waals surface area contributed by atoms with Crippen molar-refractivity contribution in [3.63, 3.8) is 0 Å². The van der Waals surface area contributed by atoms with E-state index in [4.69, 9.17) is 5.84 Å². The van der Waals surface area contributed by atoms with E-state index in [2.05, 4.69) is 17.1 Å². The molecule has 4 N–H and O–H groups in total. The number of hydrazine groups is 1. The predicted octanol–water partition coefficient (Wildman–Crippen LogP) is 2.73. The SMILES string of the molecule is CCCc1ccc(NS(=O)(=O)c2ccc(NN)cc2)cc1. The van der Waals surface area contributed by atoms with Gasteiger partial charge in [-0.2, -0.15) is 0 Å². The van der Waals surface area contributed by atoms with E-state index in [-0.39, 0.29) is 4.90 Å². The van der Waals surface area contributed by atoms with Crippen molar-refractivity contribution in [1.82, 2.24) is 0 Å². The average molecular weight is 305 g/mol. The van der Waals surface area contributed by atoms with E-state index >= 15 is 0 Å². The van der Waals surface area contributed by atoms with Gasteiger partial charge in [-0.05, 0) is 48.4 Å².